The molecule has 3 aromatic rings. The van der Waals surface area contributed by atoms with Crippen molar-refractivity contribution >= 4 is 34.8 Å². The van der Waals surface area contributed by atoms with Crippen LogP contribution in [0.3, 0.4) is 0 Å². The zero-order chi connectivity index (χ0) is 28.8. The van der Waals surface area contributed by atoms with E-state index in [0.717, 1.165) is 51.0 Å². The average Bonchev–Trinajstić information content (AvgIpc) is 3.40. The molecule has 9 nitrogen and oxygen atoms in total. The van der Waals surface area contributed by atoms with Gasteiger partial charge >= 0.3 is 0 Å². The van der Waals surface area contributed by atoms with Crippen LogP contribution >= 0.6 is 0 Å². The number of hydrogen-bond acceptors (Lipinski definition) is 6. The van der Waals surface area contributed by atoms with Crippen molar-refractivity contribution in [2.75, 3.05) is 60.9 Å². The zero-order valence-corrected chi connectivity index (χ0v) is 23.2. The third-order valence-electron chi connectivity index (χ3n) is 7.61. The number of aryl methyl sites for hydroxylation is 1. The van der Waals surface area contributed by atoms with Gasteiger partial charge in [0.05, 0.1) is 17.6 Å². The topological polar surface area (TPSA) is 97.9 Å². The lowest BCUT2D eigenvalue weighted by atomic mass is 10.1. The lowest BCUT2D eigenvalue weighted by molar-refractivity contribution is -0.127. The van der Waals surface area contributed by atoms with Crippen molar-refractivity contribution in [1.29, 1.82) is 0 Å². The molecule has 2 fully saturated rings. The van der Waals surface area contributed by atoms with Crippen molar-refractivity contribution in [2.45, 2.75) is 26.2 Å². The summed E-state index contributed by atoms with van der Waals surface area (Å²) in [6, 6.07) is 16.1. The summed E-state index contributed by atoms with van der Waals surface area (Å²) >= 11 is 0. The van der Waals surface area contributed by atoms with E-state index in [2.05, 4.69) is 44.5 Å². The van der Waals surface area contributed by atoms with E-state index in [4.69, 9.17) is 0 Å². The Morgan fingerprint density at radius 2 is 1.68 bits per heavy atom. The Balaban J connectivity index is 1.29. The quantitative estimate of drug-likeness (QED) is 0.388. The Bertz CT molecular complexity index is 1410. The first-order valence-corrected chi connectivity index (χ1v) is 14.1. The molecule has 0 spiro atoms. The summed E-state index contributed by atoms with van der Waals surface area (Å²) in [5.41, 5.74) is 4.21. The SMILES string of the molecule is Cc1ccccc1N1CCN(c2ccc(C(=O)NCCCN3CCCC3=O)cc2NC(=O)c2ccc(F)cn2)CC1. The minimum absolute atomic E-state index is 0.0769. The van der Waals surface area contributed by atoms with Gasteiger partial charge in [-0.2, -0.15) is 0 Å². The number of anilines is 3. The Morgan fingerprint density at radius 1 is 0.927 bits per heavy atom. The lowest BCUT2D eigenvalue weighted by Crippen LogP contribution is -2.47. The van der Waals surface area contributed by atoms with Crippen LogP contribution in [0.1, 0.15) is 45.7 Å². The van der Waals surface area contributed by atoms with Crippen LogP contribution in [0.25, 0.3) is 0 Å². The fourth-order valence-electron chi connectivity index (χ4n) is 5.37. The lowest BCUT2D eigenvalue weighted by Gasteiger charge is -2.38. The first-order chi connectivity index (χ1) is 19.9. The van der Waals surface area contributed by atoms with Crippen LogP contribution in [0.15, 0.2) is 60.8 Å². The van der Waals surface area contributed by atoms with Gasteiger partial charge in [-0.25, -0.2) is 9.37 Å². The van der Waals surface area contributed by atoms with Gasteiger partial charge in [0.1, 0.15) is 11.5 Å². The third kappa shape index (κ3) is 6.82. The molecule has 0 unspecified atom stereocenters. The number of para-hydroxylation sites is 1. The smallest absolute Gasteiger partial charge is 0.274 e. The normalized spacial score (nSPS) is 15.3. The van der Waals surface area contributed by atoms with Gasteiger partial charge in [-0.15, -0.1) is 0 Å². The first kappa shape index (κ1) is 28.1. The van der Waals surface area contributed by atoms with E-state index in [-0.39, 0.29) is 17.5 Å². The molecule has 0 radical (unpaired) electrons. The van der Waals surface area contributed by atoms with Crippen LogP contribution in [0.2, 0.25) is 0 Å². The molecule has 2 aliphatic heterocycles. The number of amides is 3. The van der Waals surface area contributed by atoms with Crippen molar-refractivity contribution in [1.82, 2.24) is 15.2 Å². The largest absolute Gasteiger partial charge is 0.368 e. The highest BCUT2D eigenvalue weighted by atomic mass is 19.1. The van der Waals surface area contributed by atoms with Crippen LogP contribution in [0.4, 0.5) is 21.5 Å². The molecule has 5 rings (SSSR count). The minimum atomic E-state index is -0.526. The predicted molar refractivity (Wildman–Crippen MR) is 157 cm³/mol. The number of nitrogens with one attached hydrogen (secondary N) is 2. The highest BCUT2D eigenvalue weighted by molar-refractivity contribution is 6.06. The Labute approximate surface area is 239 Å². The van der Waals surface area contributed by atoms with Crippen LogP contribution in [-0.4, -0.2) is 73.4 Å². The molecule has 2 aromatic carbocycles. The molecular weight excluding hydrogens is 523 g/mol. The zero-order valence-electron chi connectivity index (χ0n) is 23.2. The third-order valence-corrected chi connectivity index (χ3v) is 7.61. The maximum atomic E-state index is 13.4. The fraction of sp³-hybridized carbons (Fsp3) is 0.355. The molecule has 2 N–H and O–H groups in total. The summed E-state index contributed by atoms with van der Waals surface area (Å²) in [7, 11) is 0. The van der Waals surface area contributed by atoms with E-state index in [1.807, 2.05) is 23.1 Å². The summed E-state index contributed by atoms with van der Waals surface area (Å²) in [5.74, 6) is -1.11. The number of carbonyl (C=O) groups is 3. The number of piperazine rings is 1. The molecule has 41 heavy (non-hydrogen) atoms. The fourth-order valence-corrected chi connectivity index (χ4v) is 5.37. The molecule has 0 saturated carbocycles. The number of pyridine rings is 1. The number of hydrogen-bond donors (Lipinski definition) is 2. The highest BCUT2D eigenvalue weighted by Gasteiger charge is 2.23. The summed E-state index contributed by atoms with van der Waals surface area (Å²) in [6.45, 7) is 7.01. The van der Waals surface area contributed by atoms with E-state index in [0.29, 0.717) is 37.2 Å². The second-order valence-electron chi connectivity index (χ2n) is 10.4. The van der Waals surface area contributed by atoms with E-state index >= 15 is 0 Å². The first-order valence-electron chi connectivity index (χ1n) is 14.1. The van der Waals surface area contributed by atoms with Crippen molar-refractivity contribution in [3.8, 4) is 0 Å². The predicted octanol–water partition coefficient (Wildman–Crippen LogP) is 3.85. The summed E-state index contributed by atoms with van der Waals surface area (Å²) in [5, 5.41) is 5.82. The van der Waals surface area contributed by atoms with Gasteiger partial charge in [-0.1, -0.05) is 18.2 Å². The molecule has 3 heterocycles. The maximum absolute atomic E-state index is 13.4. The van der Waals surface area contributed by atoms with Gasteiger partial charge in [0.25, 0.3) is 11.8 Å². The number of likely N-dealkylation sites (tertiary alicyclic amines) is 1. The van der Waals surface area contributed by atoms with Crippen LogP contribution in [-0.2, 0) is 4.79 Å². The monoisotopic (exact) mass is 558 g/mol. The molecular formula is C31H35FN6O3. The molecule has 214 valence electrons. The Morgan fingerprint density at radius 3 is 2.37 bits per heavy atom. The van der Waals surface area contributed by atoms with Gasteiger partial charge in [-0.05, 0) is 61.7 Å². The molecule has 2 aliphatic rings. The van der Waals surface area contributed by atoms with Crippen molar-refractivity contribution < 1.29 is 18.8 Å². The van der Waals surface area contributed by atoms with Crippen LogP contribution in [0, 0.1) is 12.7 Å². The molecule has 2 saturated heterocycles. The Hall–Kier alpha value is -4.47. The molecule has 0 aliphatic carbocycles. The van der Waals surface area contributed by atoms with Gasteiger partial charge in [-0.3, -0.25) is 14.4 Å². The second-order valence-corrected chi connectivity index (χ2v) is 10.4. The van der Waals surface area contributed by atoms with E-state index < -0.39 is 11.7 Å². The van der Waals surface area contributed by atoms with Crippen LogP contribution in [0.5, 0.6) is 0 Å². The van der Waals surface area contributed by atoms with E-state index in [1.54, 1.807) is 12.1 Å². The molecule has 0 atom stereocenters. The van der Waals surface area contributed by atoms with Crippen molar-refractivity contribution in [3.63, 3.8) is 0 Å². The van der Waals surface area contributed by atoms with Crippen LogP contribution < -0.4 is 20.4 Å². The number of benzene rings is 2. The van der Waals surface area contributed by atoms with E-state index in [9.17, 15) is 18.8 Å². The highest BCUT2D eigenvalue weighted by Crippen LogP contribution is 2.30. The van der Waals surface area contributed by atoms with Gasteiger partial charge < -0.3 is 25.3 Å². The number of aromatic nitrogens is 1. The molecule has 10 heteroatoms. The number of rotatable bonds is 9. The van der Waals surface area contributed by atoms with Gasteiger partial charge in [0.15, 0.2) is 0 Å². The van der Waals surface area contributed by atoms with Crippen molar-refractivity contribution in [3.05, 3.63) is 83.4 Å². The number of halogens is 1. The minimum Gasteiger partial charge on any atom is -0.368 e. The number of nitrogens with zero attached hydrogens (tertiary/aromatic N) is 4. The second kappa shape index (κ2) is 12.8. The van der Waals surface area contributed by atoms with E-state index in [1.165, 1.54) is 23.4 Å². The Kier molecular flexibility index (Phi) is 8.76. The number of carbonyl (C=O) groups excluding carboxylic acids is 3. The summed E-state index contributed by atoms with van der Waals surface area (Å²) in [6.07, 6.45) is 3.16. The summed E-state index contributed by atoms with van der Waals surface area (Å²) < 4.78 is 13.4. The molecule has 0 bridgehead atoms. The van der Waals surface area contributed by atoms with Gasteiger partial charge in [0.2, 0.25) is 5.91 Å². The average molecular weight is 559 g/mol. The maximum Gasteiger partial charge on any atom is 0.274 e. The standard InChI is InChI=1S/C31H35FN6O3/c1-22-6-2-3-7-27(22)36-16-18-37(19-17-36)28-12-9-23(30(40)33-13-5-15-38-14-4-8-29(38)39)20-26(28)35-31(41)25-11-10-24(32)21-34-25/h2-3,6-7,9-12,20-21H,4-5,8,13-19H2,1H3,(H,33,40)(H,35,41). The molecule has 3 amide bonds. The van der Waals surface area contributed by atoms with Crippen molar-refractivity contribution in [2.24, 2.45) is 0 Å². The molecule has 1 aromatic heterocycles. The summed E-state index contributed by atoms with van der Waals surface area (Å²) in [4.78, 5) is 48.1. The van der Waals surface area contributed by atoms with Gasteiger partial charge in [0, 0.05) is 63.5 Å².